The van der Waals surface area contributed by atoms with E-state index in [1.807, 2.05) is 12.1 Å². The first-order valence-corrected chi connectivity index (χ1v) is 9.10. The lowest BCUT2D eigenvalue weighted by Crippen LogP contribution is -2.08. The zero-order valence-corrected chi connectivity index (χ0v) is 15.9. The number of hydrogen-bond donors (Lipinski definition) is 0. The first-order valence-electron chi connectivity index (χ1n) is 8.29. The molecule has 0 bridgehead atoms. The van der Waals surface area contributed by atoms with Gasteiger partial charge in [-0.15, -0.1) is 0 Å². The van der Waals surface area contributed by atoms with Crippen LogP contribution in [0.3, 0.4) is 0 Å². The smallest absolute Gasteiger partial charge is 0.193 e. The highest BCUT2D eigenvalue weighted by Gasteiger charge is 2.14. The molecule has 0 fully saturated rings. The molecule has 27 heavy (non-hydrogen) atoms. The molecule has 0 amide bonds. The van der Waals surface area contributed by atoms with Crippen LogP contribution in [0.2, 0.25) is 0 Å². The highest BCUT2D eigenvalue weighted by Crippen LogP contribution is 2.36. The number of hydrogen-bond acceptors (Lipinski definition) is 9. The molecule has 0 spiro atoms. The van der Waals surface area contributed by atoms with E-state index in [1.54, 1.807) is 32.7 Å². The van der Waals surface area contributed by atoms with Crippen LogP contribution in [0.5, 0.6) is 11.5 Å². The average Bonchev–Trinajstić information content (AvgIpc) is 2.70. The van der Waals surface area contributed by atoms with E-state index in [2.05, 4.69) is 19.9 Å². The fourth-order valence-corrected chi connectivity index (χ4v) is 3.02. The molecule has 0 saturated carbocycles. The Hall–Kier alpha value is -2.49. The van der Waals surface area contributed by atoms with Gasteiger partial charge in [0.25, 0.3) is 0 Å². The predicted molar refractivity (Wildman–Crippen MR) is 100 cm³/mol. The van der Waals surface area contributed by atoms with Crippen LogP contribution in [-0.4, -0.2) is 60.6 Å². The van der Waals surface area contributed by atoms with E-state index in [-0.39, 0.29) is 0 Å². The van der Waals surface area contributed by atoms with Crippen LogP contribution < -0.4 is 9.47 Å². The second-order valence-electron chi connectivity index (χ2n) is 5.31. The highest BCUT2D eigenvalue weighted by atomic mass is 32.2. The molecule has 0 radical (unpaired) electrons. The van der Waals surface area contributed by atoms with Crippen LogP contribution in [0.1, 0.15) is 0 Å². The Bertz CT molecular complexity index is 867. The SMILES string of the molecule is COCCOc1cc2ncnc(Sc3ncccn3)c2cc1OCCOC. The van der Waals surface area contributed by atoms with Gasteiger partial charge in [-0.1, -0.05) is 0 Å². The fourth-order valence-electron chi connectivity index (χ4n) is 2.24. The quantitative estimate of drug-likeness (QED) is 0.295. The van der Waals surface area contributed by atoms with Gasteiger partial charge in [0.05, 0.1) is 18.7 Å². The van der Waals surface area contributed by atoms with E-state index in [9.17, 15) is 0 Å². The molecule has 0 unspecified atom stereocenters. The third-order valence-electron chi connectivity index (χ3n) is 3.48. The Balaban J connectivity index is 1.94. The first kappa shape index (κ1) is 19.3. The molecule has 0 aliphatic rings. The Morgan fingerprint density at radius 2 is 1.48 bits per heavy atom. The van der Waals surface area contributed by atoms with Gasteiger partial charge in [0, 0.05) is 38.1 Å². The lowest BCUT2D eigenvalue weighted by molar-refractivity contribution is 0.132. The molecule has 2 heterocycles. The van der Waals surface area contributed by atoms with Gasteiger partial charge < -0.3 is 18.9 Å². The van der Waals surface area contributed by atoms with Crippen molar-refractivity contribution >= 4 is 22.7 Å². The Labute approximate surface area is 161 Å². The maximum absolute atomic E-state index is 5.83. The summed E-state index contributed by atoms with van der Waals surface area (Å²) in [4.78, 5) is 17.2. The van der Waals surface area contributed by atoms with Crippen molar-refractivity contribution in [2.75, 3.05) is 40.6 Å². The predicted octanol–water partition coefficient (Wildman–Crippen LogP) is 2.62. The maximum atomic E-state index is 5.83. The molecular weight excluding hydrogens is 368 g/mol. The standard InChI is InChI=1S/C18H20N4O4S/c1-23-6-8-25-15-10-13-14(11-16(15)26-9-7-24-2)21-12-22-17(13)27-18-19-4-3-5-20-18/h3-5,10-12H,6-9H2,1-2H3. The van der Waals surface area contributed by atoms with Gasteiger partial charge in [0.15, 0.2) is 16.7 Å². The molecular formula is C18H20N4O4S. The number of methoxy groups -OCH3 is 2. The summed E-state index contributed by atoms with van der Waals surface area (Å²) in [5.41, 5.74) is 0.745. The molecule has 142 valence electrons. The summed E-state index contributed by atoms with van der Waals surface area (Å²) in [5, 5.41) is 2.19. The molecule has 0 atom stereocenters. The third-order valence-corrected chi connectivity index (χ3v) is 4.40. The molecule has 0 aliphatic carbocycles. The zero-order valence-electron chi connectivity index (χ0n) is 15.1. The van der Waals surface area contributed by atoms with Crippen molar-refractivity contribution in [3.05, 3.63) is 36.9 Å². The fraction of sp³-hybridized carbons (Fsp3) is 0.333. The molecule has 9 heteroatoms. The largest absolute Gasteiger partial charge is 0.487 e. The second kappa shape index (κ2) is 10.0. The monoisotopic (exact) mass is 388 g/mol. The van der Waals surface area contributed by atoms with Gasteiger partial charge in [-0.3, -0.25) is 0 Å². The molecule has 0 saturated heterocycles. The summed E-state index contributed by atoms with van der Waals surface area (Å²) >= 11 is 1.37. The highest BCUT2D eigenvalue weighted by molar-refractivity contribution is 7.99. The molecule has 8 nitrogen and oxygen atoms in total. The third kappa shape index (κ3) is 5.25. The Morgan fingerprint density at radius 1 is 0.815 bits per heavy atom. The summed E-state index contributed by atoms with van der Waals surface area (Å²) in [6.07, 6.45) is 4.90. The van der Waals surface area contributed by atoms with Crippen molar-refractivity contribution in [2.24, 2.45) is 0 Å². The normalized spacial score (nSPS) is 10.9. The van der Waals surface area contributed by atoms with E-state index in [4.69, 9.17) is 18.9 Å². The van der Waals surface area contributed by atoms with Gasteiger partial charge in [-0.25, -0.2) is 19.9 Å². The molecule has 3 rings (SSSR count). The molecule has 2 aromatic heterocycles. The van der Waals surface area contributed by atoms with Gasteiger partial charge >= 0.3 is 0 Å². The van der Waals surface area contributed by atoms with Crippen molar-refractivity contribution in [3.8, 4) is 11.5 Å². The van der Waals surface area contributed by atoms with E-state index < -0.39 is 0 Å². The van der Waals surface area contributed by atoms with E-state index in [1.165, 1.54) is 18.1 Å². The van der Waals surface area contributed by atoms with Crippen molar-refractivity contribution in [3.63, 3.8) is 0 Å². The molecule has 1 aromatic carbocycles. The minimum absolute atomic E-state index is 0.403. The van der Waals surface area contributed by atoms with Crippen LogP contribution in [0.25, 0.3) is 10.9 Å². The Kier molecular flexibility index (Phi) is 7.14. The number of benzene rings is 1. The lowest BCUT2D eigenvalue weighted by Gasteiger charge is -2.14. The van der Waals surface area contributed by atoms with Gasteiger partial charge in [0.1, 0.15) is 24.6 Å². The first-order chi connectivity index (χ1) is 13.3. The number of rotatable bonds is 10. The minimum atomic E-state index is 0.403. The topological polar surface area (TPSA) is 88.5 Å². The van der Waals surface area contributed by atoms with Crippen LogP contribution in [0, 0.1) is 0 Å². The zero-order chi connectivity index (χ0) is 18.9. The van der Waals surface area contributed by atoms with Crippen molar-refractivity contribution < 1.29 is 18.9 Å². The van der Waals surface area contributed by atoms with E-state index in [0.717, 1.165) is 15.9 Å². The summed E-state index contributed by atoms with van der Waals surface area (Å²) < 4.78 is 21.7. The summed E-state index contributed by atoms with van der Waals surface area (Å²) in [5.74, 6) is 1.20. The van der Waals surface area contributed by atoms with Crippen LogP contribution in [0.15, 0.2) is 47.1 Å². The summed E-state index contributed by atoms with van der Waals surface area (Å²) in [6.45, 7) is 1.76. The lowest BCUT2D eigenvalue weighted by atomic mass is 10.2. The van der Waals surface area contributed by atoms with Crippen molar-refractivity contribution in [1.29, 1.82) is 0 Å². The van der Waals surface area contributed by atoms with E-state index >= 15 is 0 Å². The number of nitrogens with zero attached hydrogens (tertiary/aromatic N) is 4. The van der Waals surface area contributed by atoms with Crippen LogP contribution >= 0.6 is 11.8 Å². The van der Waals surface area contributed by atoms with Crippen LogP contribution in [-0.2, 0) is 9.47 Å². The van der Waals surface area contributed by atoms with Crippen molar-refractivity contribution in [1.82, 2.24) is 19.9 Å². The number of aromatic nitrogens is 4. The van der Waals surface area contributed by atoms with Crippen molar-refractivity contribution in [2.45, 2.75) is 10.2 Å². The Morgan fingerprint density at radius 3 is 2.15 bits per heavy atom. The minimum Gasteiger partial charge on any atom is -0.487 e. The molecule has 3 aromatic rings. The number of fused-ring (bicyclic) bond motifs is 1. The van der Waals surface area contributed by atoms with Gasteiger partial charge in [0.2, 0.25) is 0 Å². The summed E-state index contributed by atoms with van der Waals surface area (Å²) in [7, 11) is 3.25. The van der Waals surface area contributed by atoms with E-state index in [0.29, 0.717) is 43.1 Å². The second-order valence-corrected chi connectivity index (χ2v) is 6.27. The summed E-state index contributed by atoms with van der Waals surface area (Å²) in [6, 6.07) is 5.48. The average molecular weight is 388 g/mol. The van der Waals surface area contributed by atoms with Crippen LogP contribution in [0.4, 0.5) is 0 Å². The maximum Gasteiger partial charge on any atom is 0.193 e. The molecule has 0 N–H and O–H groups in total. The number of ether oxygens (including phenoxy) is 4. The van der Waals surface area contributed by atoms with Gasteiger partial charge in [-0.05, 0) is 23.9 Å². The molecule has 0 aliphatic heterocycles. The van der Waals surface area contributed by atoms with Gasteiger partial charge in [-0.2, -0.15) is 0 Å².